The molecule has 0 N–H and O–H groups in total. The number of likely N-dealkylation sites (tertiary alicyclic amines) is 1. The monoisotopic (exact) mass is 265 g/mol. The van der Waals surface area contributed by atoms with Crippen molar-refractivity contribution in [1.82, 2.24) is 4.90 Å². The van der Waals surface area contributed by atoms with Crippen LogP contribution in [-0.4, -0.2) is 22.4 Å². The van der Waals surface area contributed by atoms with Crippen LogP contribution in [0.25, 0.3) is 0 Å². The lowest BCUT2D eigenvalue weighted by atomic mass is 9.72. The molecule has 1 heterocycles. The van der Waals surface area contributed by atoms with Crippen molar-refractivity contribution in [2.45, 2.75) is 65.8 Å². The van der Waals surface area contributed by atoms with Crippen LogP contribution in [0.3, 0.4) is 0 Å². The summed E-state index contributed by atoms with van der Waals surface area (Å²) < 4.78 is 0. The summed E-state index contributed by atoms with van der Waals surface area (Å²) in [7, 11) is 0. The Bertz CT molecular complexity index is 356. The number of nitrogens with zero attached hydrogens (tertiary/aromatic N) is 1. The largest absolute Gasteiger partial charge is 0.372 e. The summed E-state index contributed by atoms with van der Waals surface area (Å²) in [6.45, 7) is 10.6. The van der Waals surface area contributed by atoms with Gasteiger partial charge in [-0.3, -0.25) is 0 Å². The minimum Gasteiger partial charge on any atom is -0.372 e. The van der Waals surface area contributed by atoms with E-state index in [1.807, 2.05) is 0 Å². The van der Waals surface area contributed by atoms with Crippen molar-refractivity contribution in [3.05, 3.63) is 11.8 Å². The molecule has 2 atom stereocenters. The zero-order chi connectivity index (χ0) is 13.3. The van der Waals surface area contributed by atoms with Crippen molar-refractivity contribution in [3.63, 3.8) is 0 Å². The Kier molecular flexibility index (Phi) is 4.15. The summed E-state index contributed by atoms with van der Waals surface area (Å²) in [6.07, 6.45) is 8.83. The third-order valence-electron chi connectivity index (χ3n) is 5.11. The summed E-state index contributed by atoms with van der Waals surface area (Å²) in [5.74, 6) is 0.787. The van der Waals surface area contributed by atoms with Gasteiger partial charge in [-0.05, 0) is 56.2 Å². The van der Waals surface area contributed by atoms with E-state index in [0.717, 1.165) is 17.2 Å². The molecule has 0 radical (unpaired) electrons. The topological polar surface area (TPSA) is 3.24 Å². The van der Waals surface area contributed by atoms with Crippen LogP contribution in [0.4, 0.5) is 0 Å². The first kappa shape index (κ1) is 14.0. The van der Waals surface area contributed by atoms with Crippen molar-refractivity contribution in [1.29, 1.82) is 0 Å². The standard InChI is InChI=1S/C16H27NS/c1-12(18)8-7-11-17-13(2)16(3,4)14-9-5-6-10-15(14)17/h10,13-14H,5-9,11H2,1-4H3. The van der Waals surface area contributed by atoms with Crippen LogP contribution in [0.1, 0.15) is 59.8 Å². The number of allylic oxidation sites excluding steroid dienone is 2. The summed E-state index contributed by atoms with van der Waals surface area (Å²) in [6, 6.07) is 0.664. The summed E-state index contributed by atoms with van der Waals surface area (Å²) in [5, 5.41) is 0. The second kappa shape index (κ2) is 5.32. The SMILES string of the molecule is CC(=S)CCCN1C2=CCCCC2C(C)(C)C1C. The molecule has 1 saturated heterocycles. The van der Waals surface area contributed by atoms with Crippen LogP contribution in [0, 0.1) is 11.3 Å². The molecule has 1 aliphatic heterocycles. The van der Waals surface area contributed by atoms with E-state index in [4.69, 9.17) is 12.2 Å². The third kappa shape index (κ3) is 2.49. The molecule has 0 aromatic heterocycles. The Morgan fingerprint density at radius 2 is 2.22 bits per heavy atom. The molecule has 1 fully saturated rings. The maximum atomic E-state index is 5.19. The van der Waals surface area contributed by atoms with Crippen molar-refractivity contribution >= 4 is 17.1 Å². The molecule has 18 heavy (non-hydrogen) atoms. The highest BCUT2D eigenvalue weighted by Gasteiger charge is 2.48. The van der Waals surface area contributed by atoms with Crippen LogP contribution in [0.5, 0.6) is 0 Å². The summed E-state index contributed by atoms with van der Waals surface area (Å²) >= 11 is 5.19. The molecule has 0 spiro atoms. The summed E-state index contributed by atoms with van der Waals surface area (Å²) in [4.78, 5) is 3.82. The smallest absolute Gasteiger partial charge is 0.0316 e. The first-order valence-corrected chi connectivity index (χ1v) is 7.81. The highest BCUT2D eigenvalue weighted by Crippen LogP contribution is 2.51. The van der Waals surface area contributed by atoms with E-state index >= 15 is 0 Å². The number of fused-ring (bicyclic) bond motifs is 1. The zero-order valence-corrected chi connectivity index (χ0v) is 13.1. The van der Waals surface area contributed by atoms with Crippen LogP contribution in [-0.2, 0) is 0 Å². The van der Waals surface area contributed by atoms with Gasteiger partial charge < -0.3 is 4.90 Å². The first-order valence-electron chi connectivity index (χ1n) is 7.40. The second-order valence-corrected chi connectivity index (χ2v) is 7.31. The lowest BCUT2D eigenvalue weighted by molar-refractivity contribution is 0.183. The van der Waals surface area contributed by atoms with Crippen LogP contribution in [0.15, 0.2) is 11.8 Å². The fraction of sp³-hybridized carbons (Fsp3) is 0.812. The van der Waals surface area contributed by atoms with Gasteiger partial charge in [0, 0.05) is 24.2 Å². The van der Waals surface area contributed by atoms with Gasteiger partial charge in [0.25, 0.3) is 0 Å². The van der Waals surface area contributed by atoms with E-state index in [0.29, 0.717) is 11.5 Å². The molecule has 2 rings (SSSR count). The van der Waals surface area contributed by atoms with Gasteiger partial charge in [-0.1, -0.05) is 32.1 Å². The third-order valence-corrected chi connectivity index (χ3v) is 5.31. The van der Waals surface area contributed by atoms with Gasteiger partial charge in [0.1, 0.15) is 0 Å². The molecule has 0 bridgehead atoms. The van der Waals surface area contributed by atoms with Crippen molar-refractivity contribution in [2.24, 2.45) is 11.3 Å². The Balaban J connectivity index is 2.09. The van der Waals surface area contributed by atoms with Gasteiger partial charge in [0.05, 0.1) is 0 Å². The molecule has 102 valence electrons. The molecule has 2 aliphatic rings. The Morgan fingerprint density at radius 1 is 1.50 bits per heavy atom. The summed E-state index contributed by atoms with van der Waals surface area (Å²) in [5.41, 5.74) is 2.07. The molecule has 2 heteroatoms. The maximum absolute atomic E-state index is 5.19. The lowest BCUT2D eigenvalue weighted by Crippen LogP contribution is -2.35. The Hall–Kier alpha value is -0.370. The van der Waals surface area contributed by atoms with E-state index in [9.17, 15) is 0 Å². The molecule has 1 nitrogen and oxygen atoms in total. The molecular formula is C16H27NS. The second-order valence-electron chi connectivity index (χ2n) is 6.61. The Morgan fingerprint density at radius 3 is 2.89 bits per heavy atom. The molecule has 0 aromatic rings. The van der Waals surface area contributed by atoms with Gasteiger partial charge in [-0.25, -0.2) is 0 Å². The van der Waals surface area contributed by atoms with Gasteiger partial charge in [0.2, 0.25) is 0 Å². The number of hydrogen-bond donors (Lipinski definition) is 0. The number of hydrogen-bond acceptors (Lipinski definition) is 2. The number of rotatable bonds is 4. The molecule has 2 unspecified atom stereocenters. The predicted octanol–water partition coefficient (Wildman–Crippen LogP) is 4.57. The molecule has 0 saturated carbocycles. The quantitative estimate of drug-likeness (QED) is 0.685. The van der Waals surface area contributed by atoms with Crippen LogP contribution in [0.2, 0.25) is 0 Å². The molecule has 0 amide bonds. The van der Waals surface area contributed by atoms with Gasteiger partial charge >= 0.3 is 0 Å². The van der Waals surface area contributed by atoms with Crippen LogP contribution < -0.4 is 0 Å². The van der Waals surface area contributed by atoms with Gasteiger partial charge in [-0.15, -0.1) is 0 Å². The average Bonchev–Trinajstić information content (AvgIpc) is 2.51. The van der Waals surface area contributed by atoms with Gasteiger partial charge in [0.15, 0.2) is 0 Å². The fourth-order valence-corrected chi connectivity index (χ4v) is 3.81. The first-order chi connectivity index (χ1) is 8.44. The fourth-order valence-electron chi connectivity index (χ4n) is 3.67. The van der Waals surface area contributed by atoms with Gasteiger partial charge in [-0.2, -0.15) is 0 Å². The van der Waals surface area contributed by atoms with E-state index in [1.54, 1.807) is 5.70 Å². The normalized spacial score (nSPS) is 30.0. The highest BCUT2D eigenvalue weighted by molar-refractivity contribution is 7.80. The highest BCUT2D eigenvalue weighted by atomic mass is 32.1. The van der Waals surface area contributed by atoms with E-state index in [1.165, 1.54) is 32.2 Å². The van der Waals surface area contributed by atoms with E-state index in [2.05, 4.69) is 38.7 Å². The van der Waals surface area contributed by atoms with Crippen molar-refractivity contribution in [3.8, 4) is 0 Å². The molecule has 0 aromatic carbocycles. The molecular weight excluding hydrogens is 238 g/mol. The maximum Gasteiger partial charge on any atom is 0.0316 e. The molecule has 1 aliphatic carbocycles. The van der Waals surface area contributed by atoms with E-state index < -0.39 is 0 Å². The van der Waals surface area contributed by atoms with Crippen LogP contribution >= 0.6 is 12.2 Å². The Labute approximate surface area is 118 Å². The zero-order valence-electron chi connectivity index (χ0n) is 12.3. The van der Waals surface area contributed by atoms with E-state index in [-0.39, 0.29) is 0 Å². The minimum atomic E-state index is 0.430. The number of thiocarbonyl (C=S) groups is 1. The van der Waals surface area contributed by atoms with Crippen molar-refractivity contribution < 1.29 is 0 Å². The lowest BCUT2D eigenvalue weighted by Gasteiger charge is -2.32. The average molecular weight is 265 g/mol. The van der Waals surface area contributed by atoms with Crippen molar-refractivity contribution in [2.75, 3.05) is 6.54 Å². The minimum absolute atomic E-state index is 0.430. The predicted molar refractivity (Wildman–Crippen MR) is 82.9 cm³/mol.